The molecule has 0 spiro atoms. The molecule has 2 N–H and O–H groups in total. The standard InChI is InChI=1S/C22H16FN7O/c23-18-7-2-1-4-14(18)11-21-26-19-9-8-16(12-20(19)27-21)25-22(31)15-5-3-6-17(10-15)30-13-24-28-29-30/h1-10,12-13H,11H2,(H,25,31)(H,26,27). The van der Waals surface area contributed by atoms with Crippen LogP contribution in [-0.2, 0) is 6.42 Å². The second kappa shape index (κ2) is 7.79. The van der Waals surface area contributed by atoms with Crippen LogP contribution < -0.4 is 5.32 Å². The predicted molar refractivity (Wildman–Crippen MR) is 112 cm³/mol. The lowest BCUT2D eigenvalue weighted by Crippen LogP contribution is -2.12. The van der Waals surface area contributed by atoms with E-state index in [1.807, 2.05) is 6.07 Å². The number of aromatic amines is 1. The van der Waals surface area contributed by atoms with Crippen LogP contribution in [0.15, 0.2) is 73.1 Å². The largest absolute Gasteiger partial charge is 0.342 e. The number of benzene rings is 3. The van der Waals surface area contributed by atoms with Crippen LogP contribution in [0.2, 0.25) is 0 Å². The fourth-order valence-corrected chi connectivity index (χ4v) is 3.32. The molecule has 5 rings (SSSR count). The highest BCUT2D eigenvalue weighted by Gasteiger charge is 2.11. The van der Waals surface area contributed by atoms with Crippen LogP contribution in [0.25, 0.3) is 16.7 Å². The molecule has 2 aromatic heterocycles. The molecule has 0 bridgehead atoms. The van der Waals surface area contributed by atoms with E-state index in [0.29, 0.717) is 34.7 Å². The summed E-state index contributed by atoms with van der Waals surface area (Å²) >= 11 is 0. The van der Waals surface area contributed by atoms with Gasteiger partial charge in [-0.25, -0.2) is 14.1 Å². The number of rotatable bonds is 5. The molecule has 0 saturated heterocycles. The average Bonchev–Trinajstić information content (AvgIpc) is 3.45. The number of carbonyl (C=O) groups excluding carboxylic acids is 1. The molecule has 5 aromatic rings. The minimum Gasteiger partial charge on any atom is -0.342 e. The van der Waals surface area contributed by atoms with Gasteiger partial charge >= 0.3 is 0 Å². The van der Waals surface area contributed by atoms with Crippen molar-refractivity contribution in [2.24, 2.45) is 0 Å². The highest BCUT2D eigenvalue weighted by atomic mass is 19.1. The first-order valence-electron chi connectivity index (χ1n) is 9.52. The minimum absolute atomic E-state index is 0.264. The van der Waals surface area contributed by atoms with E-state index in [-0.39, 0.29) is 11.7 Å². The van der Waals surface area contributed by atoms with Crippen molar-refractivity contribution in [2.75, 3.05) is 5.32 Å². The summed E-state index contributed by atoms with van der Waals surface area (Å²) in [7, 11) is 0. The quantitative estimate of drug-likeness (QED) is 0.459. The molecule has 0 unspecified atom stereocenters. The molecule has 0 fully saturated rings. The Morgan fingerprint density at radius 3 is 2.81 bits per heavy atom. The van der Waals surface area contributed by atoms with Crippen LogP contribution >= 0.6 is 0 Å². The summed E-state index contributed by atoms with van der Waals surface area (Å²) in [5.41, 5.74) is 3.83. The van der Waals surface area contributed by atoms with Crippen LogP contribution in [0.4, 0.5) is 10.1 Å². The number of imidazole rings is 1. The third-order valence-corrected chi connectivity index (χ3v) is 4.83. The third kappa shape index (κ3) is 3.88. The molecule has 0 atom stereocenters. The number of fused-ring (bicyclic) bond motifs is 1. The van der Waals surface area contributed by atoms with Crippen LogP contribution in [-0.4, -0.2) is 36.1 Å². The molecule has 31 heavy (non-hydrogen) atoms. The summed E-state index contributed by atoms with van der Waals surface area (Å²) in [6, 6.07) is 19.0. The molecule has 0 aliphatic heterocycles. The topological polar surface area (TPSA) is 101 Å². The summed E-state index contributed by atoms with van der Waals surface area (Å²) < 4.78 is 15.4. The van der Waals surface area contributed by atoms with Gasteiger partial charge in [-0.15, -0.1) is 5.10 Å². The number of nitrogens with one attached hydrogen (secondary N) is 2. The Hall–Kier alpha value is -4.40. The van der Waals surface area contributed by atoms with E-state index < -0.39 is 0 Å². The zero-order valence-corrected chi connectivity index (χ0v) is 16.2. The van der Waals surface area contributed by atoms with Gasteiger partial charge in [0.1, 0.15) is 18.0 Å². The van der Waals surface area contributed by atoms with Gasteiger partial charge in [0.05, 0.1) is 16.7 Å². The summed E-state index contributed by atoms with van der Waals surface area (Å²) in [6.45, 7) is 0. The van der Waals surface area contributed by atoms with Gasteiger partial charge in [0.2, 0.25) is 0 Å². The molecular formula is C22H16FN7O. The second-order valence-corrected chi connectivity index (χ2v) is 6.94. The number of hydrogen-bond acceptors (Lipinski definition) is 5. The van der Waals surface area contributed by atoms with Gasteiger partial charge in [0, 0.05) is 17.7 Å². The lowest BCUT2D eigenvalue weighted by Gasteiger charge is -2.07. The Balaban J connectivity index is 1.35. The Labute approximate surface area is 175 Å². The van der Waals surface area contributed by atoms with Gasteiger partial charge in [0.15, 0.2) is 0 Å². The highest BCUT2D eigenvalue weighted by Crippen LogP contribution is 2.20. The van der Waals surface area contributed by atoms with Gasteiger partial charge in [0.25, 0.3) is 5.91 Å². The van der Waals surface area contributed by atoms with Crippen molar-refractivity contribution in [3.05, 3.63) is 95.8 Å². The summed E-state index contributed by atoms with van der Waals surface area (Å²) in [6.07, 6.45) is 1.81. The zero-order valence-electron chi connectivity index (χ0n) is 16.2. The molecule has 0 radical (unpaired) electrons. The first-order valence-corrected chi connectivity index (χ1v) is 9.52. The molecule has 0 aliphatic carbocycles. The number of hydrogen-bond donors (Lipinski definition) is 2. The lowest BCUT2D eigenvalue weighted by atomic mass is 10.1. The maximum atomic E-state index is 13.9. The molecule has 152 valence electrons. The van der Waals surface area contributed by atoms with Crippen molar-refractivity contribution >= 4 is 22.6 Å². The summed E-state index contributed by atoms with van der Waals surface area (Å²) in [4.78, 5) is 20.4. The van der Waals surface area contributed by atoms with Crippen LogP contribution in [0, 0.1) is 5.82 Å². The number of carbonyl (C=O) groups is 1. The third-order valence-electron chi connectivity index (χ3n) is 4.83. The fraction of sp³-hybridized carbons (Fsp3) is 0.0455. The first kappa shape index (κ1) is 18.6. The first-order chi connectivity index (χ1) is 15.2. The molecule has 9 heteroatoms. The summed E-state index contributed by atoms with van der Waals surface area (Å²) in [5, 5.41) is 13.9. The van der Waals surface area contributed by atoms with E-state index >= 15 is 0 Å². The fourth-order valence-electron chi connectivity index (χ4n) is 3.32. The van der Waals surface area contributed by atoms with Crippen molar-refractivity contribution in [1.29, 1.82) is 0 Å². The number of nitrogens with zero attached hydrogens (tertiary/aromatic N) is 5. The second-order valence-electron chi connectivity index (χ2n) is 6.94. The van der Waals surface area contributed by atoms with Crippen molar-refractivity contribution in [2.45, 2.75) is 6.42 Å². The van der Waals surface area contributed by atoms with E-state index in [1.54, 1.807) is 54.6 Å². The van der Waals surface area contributed by atoms with Gasteiger partial charge in [-0.3, -0.25) is 4.79 Å². The van der Waals surface area contributed by atoms with E-state index in [9.17, 15) is 9.18 Å². The van der Waals surface area contributed by atoms with Gasteiger partial charge in [-0.2, -0.15) is 0 Å². The lowest BCUT2D eigenvalue weighted by molar-refractivity contribution is 0.102. The van der Waals surface area contributed by atoms with Crippen molar-refractivity contribution < 1.29 is 9.18 Å². The smallest absolute Gasteiger partial charge is 0.255 e. The molecule has 2 heterocycles. The van der Waals surface area contributed by atoms with Crippen molar-refractivity contribution in [3.63, 3.8) is 0 Å². The van der Waals surface area contributed by atoms with Gasteiger partial charge < -0.3 is 10.3 Å². The Kier molecular flexibility index (Phi) is 4.68. The number of aromatic nitrogens is 6. The number of halogens is 1. The van der Waals surface area contributed by atoms with E-state index in [2.05, 4.69) is 30.8 Å². The monoisotopic (exact) mass is 413 g/mol. The molecule has 8 nitrogen and oxygen atoms in total. The maximum absolute atomic E-state index is 13.9. The van der Waals surface area contributed by atoms with E-state index in [1.165, 1.54) is 17.1 Å². The van der Waals surface area contributed by atoms with E-state index in [4.69, 9.17) is 0 Å². The highest BCUT2D eigenvalue weighted by molar-refractivity contribution is 6.05. The maximum Gasteiger partial charge on any atom is 0.255 e. The molecule has 0 saturated carbocycles. The van der Waals surface area contributed by atoms with Crippen LogP contribution in [0.5, 0.6) is 0 Å². The van der Waals surface area contributed by atoms with Crippen molar-refractivity contribution in [3.8, 4) is 5.69 Å². The minimum atomic E-state index is -0.264. The molecular weight excluding hydrogens is 397 g/mol. The number of amides is 1. The Bertz CT molecular complexity index is 1380. The van der Waals surface area contributed by atoms with Crippen LogP contribution in [0.3, 0.4) is 0 Å². The van der Waals surface area contributed by atoms with Crippen molar-refractivity contribution in [1.82, 2.24) is 30.2 Å². The number of anilines is 1. The predicted octanol–water partition coefficient (Wildman–Crippen LogP) is 3.52. The molecule has 3 aromatic carbocycles. The number of H-pyrrole nitrogens is 1. The Morgan fingerprint density at radius 2 is 1.97 bits per heavy atom. The number of tetrazole rings is 1. The van der Waals surface area contributed by atoms with Crippen LogP contribution in [0.1, 0.15) is 21.7 Å². The SMILES string of the molecule is O=C(Nc1ccc2nc(Cc3ccccc3F)[nH]c2c1)c1cccc(-n2cnnn2)c1. The normalized spacial score (nSPS) is 11.0. The van der Waals surface area contributed by atoms with Gasteiger partial charge in [-0.05, 0) is 58.5 Å². The molecule has 1 amide bonds. The molecule has 0 aliphatic rings. The zero-order chi connectivity index (χ0) is 21.2. The Morgan fingerprint density at radius 1 is 1.06 bits per heavy atom. The average molecular weight is 413 g/mol. The summed E-state index contributed by atoms with van der Waals surface area (Å²) in [5.74, 6) is 0.123. The van der Waals surface area contributed by atoms with Gasteiger partial charge in [-0.1, -0.05) is 24.3 Å². The van der Waals surface area contributed by atoms with E-state index in [0.717, 1.165) is 11.0 Å².